The van der Waals surface area contributed by atoms with Gasteiger partial charge < -0.3 is 20.1 Å². The average Bonchev–Trinajstić information content (AvgIpc) is 2.82. The number of anilines is 1. The summed E-state index contributed by atoms with van der Waals surface area (Å²) in [4.78, 5) is 7.05. The molecule has 1 aliphatic rings. The normalized spacial score (nSPS) is 15.4. The molecule has 0 radical (unpaired) electrons. The molecule has 174 valence electrons. The molecule has 0 spiro atoms. The minimum Gasteiger partial charge on any atom is -0.494 e. The van der Waals surface area contributed by atoms with Gasteiger partial charge in [-0.2, -0.15) is 0 Å². The van der Waals surface area contributed by atoms with Gasteiger partial charge in [0, 0.05) is 36.6 Å². The minimum absolute atomic E-state index is 0.0115. The highest BCUT2D eigenvalue weighted by Crippen LogP contribution is 2.26. The zero-order chi connectivity index (χ0) is 22.9. The Hall–Kier alpha value is -2.53. The maximum absolute atomic E-state index is 9.21. The number of rotatable bonds is 11. The highest BCUT2D eigenvalue weighted by Gasteiger charge is 2.20. The molecular formula is C27H39N3O2. The Morgan fingerprint density at radius 3 is 2.69 bits per heavy atom. The van der Waals surface area contributed by atoms with E-state index in [1.165, 1.54) is 24.8 Å². The van der Waals surface area contributed by atoms with Gasteiger partial charge in [-0.15, -0.1) is 0 Å². The van der Waals surface area contributed by atoms with Crippen LogP contribution in [0.3, 0.4) is 0 Å². The number of ether oxygens (including phenoxy) is 1. The van der Waals surface area contributed by atoms with Crippen LogP contribution in [0, 0.1) is 12.8 Å². The Kier molecular flexibility index (Phi) is 8.98. The van der Waals surface area contributed by atoms with E-state index < -0.39 is 0 Å². The molecule has 0 saturated carbocycles. The number of aliphatic hydroxyl groups is 1. The first-order chi connectivity index (χ1) is 15.5. The van der Waals surface area contributed by atoms with Crippen LogP contribution >= 0.6 is 0 Å². The summed E-state index contributed by atoms with van der Waals surface area (Å²) >= 11 is 0. The van der Waals surface area contributed by atoms with Crippen molar-refractivity contribution in [1.82, 2.24) is 10.3 Å². The van der Waals surface area contributed by atoms with Crippen LogP contribution in [0.4, 0.5) is 5.82 Å². The predicted octanol–water partition coefficient (Wildman–Crippen LogP) is 4.97. The van der Waals surface area contributed by atoms with Crippen molar-refractivity contribution in [3.63, 3.8) is 0 Å². The van der Waals surface area contributed by atoms with Crippen molar-refractivity contribution in [3.8, 4) is 5.75 Å². The predicted molar refractivity (Wildman–Crippen MR) is 133 cm³/mol. The summed E-state index contributed by atoms with van der Waals surface area (Å²) in [7, 11) is 0. The summed E-state index contributed by atoms with van der Waals surface area (Å²) < 4.78 is 6.02. The van der Waals surface area contributed by atoms with E-state index in [-0.39, 0.29) is 12.6 Å². The van der Waals surface area contributed by atoms with Crippen molar-refractivity contribution in [2.45, 2.75) is 58.9 Å². The Labute approximate surface area is 193 Å². The van der Waals surface area contributed by atoms with E-state index in [9.17, 15) is 5.11 Å². The fraction of sp³-hybridized carbons (Fsp3) is 0.519. The molecule has 0 amide bonds. The molecule has 1 atom stereocenters. The van der Waals surface area contributed by atoms with Crippen molar-refractivity contribution in [1.29, 1.82) is 0 Å². The molecule has 1 aromatic heterocycles. The summed E-state index contributed by atoms with van der Waals surface area (Å²) in [6, 6.07) is 10.5. The van der Waals surface area contributed by atoms with Gasteiger partial charge in [0.25, 0.3) is 0 Å². The molecule has 2 aromatic rings. The van der Waals surface area contributed by atoms with Crippen LogP contribution in [0.15, 0.2) is 43.1 Å². The lowest BCUT2D eigenvalue weighted by molar-refractivity contribution is 0.263. The molecule has 1 aliphatic heterocycles. The van der Waals surface area contributed by atoms with E-state index >= 15 is 0 Å². The van der Waals surface area contributed by atoms with Gasteiger partial charge in [-0.25, -0.2) is 4.98 Å². The third-order valence-corrected chi connectivity index (χ3v) is 6.40. The van der Waals surface area contributed by atoms with Crippen LogP contribution in [0.1, 0.15) is 56.2 Å². The van der Waals surface area contributed by atoms with Gasteiger partial charge >= 0.3 is 0 Å². The van der Waals surface area contributed by atoms with Crippen molar-refractivity contribution in [3.05, 3.63) is 59.8 Å². The summed E-state index contributed by atoms with van der Waals surface area (Å²) in [5.74, 6) is 2.80. The number of nitrogens with zero attached hydrogens (tertiary/aromatic N) is 2. The molecular weight excluding hydrogens is 398 g/mol. The first kappa shape index (κ1) is 24.1. The molecule has 2 heterocycles. The third-order valence-electron chi connectivity index (χ3n) is 6.40. The van der Waals surface area contributed by atoms with Gasteiger partial charge in [0.1, 0.15) is 11.6 Å². The molecule has 3 rings (SSSR count). The Morgan fingerprint density at radius 2 is 2.06 bits per heavy atom. The maximum Gasteiger partial charge on any atom is 0.128 e. The third kappa shape index (κ3) is 6.73. The van der Waals surface area contributed by atoms with Gasteiger partial charge in [-0.05, 0) is 87.3 Å². The van der Waals surface area contributed by atoms with E-state index in [0.717, 1.165) is 66.8 Å². The lowest BCUT2D eigenvalue weighted by Crippen LogP contribution is -2.34. The Bertz CT molecular complexity index is 858. The molecule has 0 unspecified atom stereocenters. The second kappa shape index (κ2) is 11.9. The number of nitrogens with one attached hydrogen (secondary N) is 1. The number of pyridine rings is 1. The number of aliphatic hydroxyl groups excluding tert-OH is 1. The minimum atomic E-state index is -0.0115. The zero-order valence-corrected chi connectivity index (χ0v) is 19.9. The monoisotopic (exact) mass is 437 g/mol. The van der Waals surface area contributed by atoms with Gasteiger partial charge in [0.05, 0.1) is 13.2 Å². The highest BCUT2D eigenvalue weighted by atomic mass is 16.5. The molecule has 5 heteroatoms. The average molecular weight is 438 g/mol. The van der Waals surface area contributed by atoms with Crippen LogP contribution in [-0.2, 0) is 6.42 Å². The molecule has 0 aliphatic carbocycles. The number of aryl methyl sites for hydroxylation is 2. The fourth-order valence-corrected chi connectivity index (χ4v) is 4.31. The largest absolute Gasteiger partial charge is 0.494 e. The van der Waals surface area contributed by atoms with Crippen LogP contribution in [-0.4, -0.2) is 42.4 Å². The van der Waals surface area contributed by atoms with Crippen molar-refractivity contribution in [2.75, 3.05) is 31.2 Å². The maximum atomic E-state index is 9.21. The number of piperidine rings is 1. The zero-order valence-electron chi connectivity index (χ0n) is 19.9. The smallest absolute Gasteiger partial charge is 0.128 e. The summed E-state index contributed by atoms with van der Waals surface area (Å²) in [6.07, 6.45) is 7.80. The topological polar surface area (TPSA) is 57.6 Å². The lowest BCUT2D eigenvalue weighted by Gasteiger charge is -2.33. The van der Waals surface area contributed by atoms with Gasteiger partial charge in [0.2, 0.25) is 0 Å². The number of hydrogen-bond donors (Lipinski definition) is 2. The number of hydrogen-bond acceptors (Lipinski definition) is 5. The van der Waals surface area contributed by atoms with E-state index in [2.05, 4.69) is 53.8 Å². The molecule has 5 nitrogen and oxygen atoms in total. The van der Waals surface area contributed by atoms with Crippen LogP contribution < -0.4 is 15.0 Å². The lowest BCUT2D eigenvalue weighted by atomic mass is 9.92. The second-order valence-corrected chi connectivity index (χ2v) is 8.98. The molecule has 32 heavy (non-hydrogen) atoms. The van der Waals surface area contributed by atoms with Crippen molar-refractivity contribution >= 4 is 11.5 Å². The van der Waals surface area contributed by atoms with Crippen molar-refractivity contribution in [2.24, 2.45) is 5.92 Å². The van der Waals surface area contributed by atoms with Crippen molar-refractivity contribution < 1.29 is 9.84 Å². The summed E-state index contributed by atoms with van der Waals surface area (Å²) in [5.41, 5.74) is 4.31. The molecule has 1 saturated heterocycles. The summed E-state index contributed by atoms with van der Waals surface area (Å²) in [6.45, 7) is 13.3. The fourth-order valence-electron chi connectivity index (χ4n) is 4.31. The quantitative estimate of drug-likeness (QED) is 0.486. The Balaban J connectivity index is 1.37. The van der Waals surface area contributed by atoms with E-state index in [4.69, 9.17) is 4.74 Å². The highest BCUT2D eigenvalue weighted by molar-refractivity contribution is 5.65. The van der Waals surface area contributed by atoms with E-state index in [1.54, 1.807) is 0 Å². The molecule has 1 fully saturated rings. The molecule has 1 aromatic carbocycles. The van der Waals surface area contributed by atoms with Gasteiger partial charge in [0.15, 0.2) is 0 Å². The second-order valence-electron chi connectivity index (χ2n) is 8.98. The number of aromatic nitrogens is 1. The molecule has 2 N–H and O–H groups in total. The van der Waals surface area contributed by atoms with Gasteiger partial charge in [-0.1, -0.05) is 19.6 Å². The van der Waals surface area contributed by atoms with Crippen LogP contribution in [0.5, 0.6) is 5.75 Å². The van der Waals surface area contributed by atoms with Crippen LogP contribution in [0.2, 0.25) is 0 Å². The van der Waals surface area contributed by atoms with E-state index in [0.29, 0.717) is 0 Å². The Morgan fingerprint density at radius 1 is 1.28 bits per heavy atom. The van der Waals surface area contributed by atoms with Gasteiger partial charge in [-0.3, -0.25) is 0 Å². The first-order valence-electron chi connectivity index (χ1n) is 12.0. The molecule has 0 bridgehead atoms. The SMILES string of the molecule is C=C(N[C@H](C)CO)c1ccc(OCCCC2CCN(c3ccc(CC)cn3)CC2)cc1C. The first-order valence-corrected chi connectivity index (χ1v) is 12.0. The van der Waals surface area contributed by atoms with Crippen LogP contribution in [0.25, 0.3) is 5.70 Å². The number of benzene rings is 1. The standard InChI is InChI=1S/C27H39N3O2/c1-5-23-8-11-27(28-18-23)30-14-12-24(13-15-30)7-6-16-32-25-9-10-26(20(2)17-25)22(4)29-21(3)19-31/h8-11,17-18,21,24,29,31H,4-7,12-16,19H2,1-3H3/t21-/m1/s1. The summed E-state index contributed by atoms with van der Waals surface area (Å²) in [5, 5.41) is 12.4. The van der Waals surface area contributed by atoms with E-state index in [1.807, 2.05) is 25.3 Å².